The number of anilines is 2. The summed E-state index contributed by atoms with van der Waals surface area (Å²) in [5.74, 6) is 1.12. The number of hydrogen-bond donors (Lipinski definition) is 1. The number of para-hydroxylation sites is 1. The Morgan fingerprint density at radius 2 is 2.18 bits per heavy atom. The molecule has 0 saturated carbocycles. The highest BCUT2D eigenvalue weighted by atomic mass is 16.5. The molecule has 116 valence electrons. The van der Waals surface area contributed by atoms with Crippen molar-refractivity contribution in [1.29, 1.82) is 0 Å². The van der Waals surface area contributed by atoms with Crippen LogP contribution in [0.15, 0.2) is 34.9 Å². The number of nitrogens with one attached hydrogen (secondary N) is 1. The van der Waals surface area contributed by atoms with Crippen molar-refractivity contribution < 1.29 is 9.32 Å². The normalized spacial score (nSPS) is 17.9. The van der Waals surface area contributed by atoms with Crippen molar-refractivity contribution in [3.05, 3.63) is 41.7 Å². The van der Waals surface area contributed by atoms with Gasteiger partial charge < -0.3 is 14.3 Å². The van der Waals surface area contributed by atoms with Gasteiger partial charge in [0.25, 0.3) is 0 Å². The molecule has 1 aliphatic rings. The average Bonchev–Trinajstić information content (AvgIpc) is 2.84. The van der Waals surface area contributed by atoms with Crippen LogP contribution < -0.4 is 10.2 Å². The largest absolute Gasteiger partial charge is 0.372 e. The maximum absolute atomic E-state index is 12.6. The third-order valence-electron chi connectivity index (χ3n) is 3.94. The van der Waals surface area contributed by atoms with Crippen LogP contribution in [0.25, 0.3) is 0 Å². The zero-order valence-electron chi connectivity index (χ0n) is 13.0. The van der Waals surface area contributed by atoms with Gasteiger partial charge in [0.2, 0.25) is 0 Å². The molecule has 2 heterocycles. The van der Waals surface area contributed by atoms with Crippen molar-refractivity contribution in [3.63, 3.8) is 0 Å². The van der Waals surface area contributed by atoms with Gasteiger partial charge in [0.05, 0.1) is 0 Å². The second-order valence-corrected chi connectivity index (χ2v) is 5.74. The summed E-state index contributed by atoms with van der Waals surface area (Å²) >= 11 is 0. The molecule has 0 saturated heterocycles. The van der Waals surface area contributed by atoms with Gasteiger partial charge >= 0.3 is 6.03 Å². The number of amides is 2. The molecule has 6 nitrogen and oxygen atoms in total. The molecule has 1 unspecified atom stereocenters. The Bertz CT molecular complexity index is 682. The van der Waals surface area contributed by atoms with Crippen LogP contribution in [0.2, 0.25) is 0 Å². The minimum atomic E-state index is -0.161. The molecule has 1 N–H and O–H groups in total. The zero-order chi connectivity index (χ0) is 15.7. The fourth-order valence-electron chi connectivity index (χ4n) is 2.83. The second-order valence-electron chi connectivity index (χ2n) is 5.74. The summed E-state index contributed by atoms with van der Waals surface area (Å²) < 4.78 is 4.99. The highest BCUT2D eigenvalue weighted by Gasteiger charge is 2.27. The van der Waals surface area contributed by atoms with Crippen LogP contribution >= 0.6 is 0 Å². The average molecular weight is 300 g/mol. The van der Waals surface area contributed by atoms with Crippen molar-refractivity contribution in [3.8, 4) is 0 Å². The fraction of sp³-hybridized carbons (Fsp3) is 0.375. The molecule has 1 aromatic heterocycles. The molecule has 1 aromatic carbocycles. The molecular weight excluding hydrogens is 280 g/mol. The SMILES string of the molecule is Cc1cc(NC(=O)N2Cc3ccccc3N(C)CC2C)no1. The number of carbonyl (C=O) groups excluding carboxylic acids is 1. The number of urea groups is 1. The molecule has 2 amide bonds. The van der Waals surface area contributed by atoms with Gasteiger partial charge in [0.15, 0.2) is 5.82 Å². The van der Waals surface area contributed by atoms with E-state index in [0.29, 0.717) is 18.1 Å². The van der Waals surface area contributed by atoms with Gasteiger partial charge in [-0.15, -0.1) is 0 Å². The Kier molecular flexibility index (Phi) is 3.75. The van der Waals surface area contributed by atoms with Crippen molar-refractivity contribution in [1.82, 2.24) is 10.1 Å². The standard InChI is InChI=1S/C16H20N4O2/c1-11-9-19(3)14-7-5-4-6-13(14)10-20(11)16(21)17-15-8-12(2)22-18-15/h4-8,11H,9-10H2,1-3H3,(H,17,18,21). The summed E-state index contributed by atoms with van der Waals surface area (Å²) in [7, 11) is 2.05. The number of aryl methyl sites for hydroxylation is 1. The molecule has 0 aliphatic carbocycles. The Labute approximate surface area is 129 Å². The Morgan fingerprint density at radius 1 is 1.41 bits per heavy atom. The van der Waals surface area contributed by atoms with Gasteiger partial charge in [0.1, 0.15) is 5.76 Å². The maximum atomic E-state index is 12.6. The van der Waals surface area contributed by atoms with Crippen molar-refractivity contribution in [2.24, 2.45) is 0 Å². The zero-order valence-corrected chi connectivity index (χ0v) is 13.0. The smallest absolute Gasteiger partial charge is 0.323 e. The topological polar surface area (TPSA) is 61.6 Å². The van der Waals surface area contributed by atoms with Gasteiger partial charge in [-0.3, -0.25) is 5.32 Å². The van der Waals surface area contributed by atoms with E-state index in [1.807, 2.05) is 17.0 Å². The van der Waals surface area contributed by atoms with Crippen molar-refractivity contribution >= 4 is 17.5 Å². The summed E-state index contributed by atoms with van der Waals surface area (Å²) in [5, 5.41) is 6.61. The monoisotopic (exact) mass is 300 g/mol. The number of fused-ring (bicyclic) bond motifs is 1. The minimum absolute atomic E-state index is 0.0883. The summed E-state index contributed by atoms with van der Waals surface area (Å²) in [4.78, 5) is 16.6. The molecule has 3 rings (SSSR count). The lowest BCUT2D eigenvalue weighted by molar-refractivity contribution is 0.192. The summed E-state index contributed by atoms with van der Waals surface area (Å²) in [6, 6.07) is 9.81. The number of nitrogens with zero attached hydrogens (tertiary/aromatic N) is 3. The van der Waals surface area contributed by atoms with Crippen LogP contribution in [-0.2, 0) is 6.54 Å². The Morgan fingerprint density at radius 3 is 2.91 bits per heavy atom. The fourth-order valence-corrected chi connectivity index (χ4v) is 2.83. The summed E-state index contributed by atoms with van der Waals surface area (Å²) in [6.45, 7) is 5.20. The van der Waals surface area contributed by atoms with E-state index >= 15 is 0 Å². The predicted octanol–water partition coefficient (Wildman–Crippen LogP) is 2.86. The lowest BCUT2D eigenvalue weighted by Gasteiger charge is -2.28. The lowest BCUT2D eigenvalue weighted by atomic mass is 10.1. The highest BCUT2D eigenvalue weighted by Crippen LogP contribution is 2.26. The number of hydrogen-bond acceptors (Lipinski definition) is 4. The van der Waals surface area contributed by atoms with E-state index in [2.05, 4.69) is 41.5 Å². The third-order valence-corrected chi connectivity index (χ3v) is 3.94. The summed E-state index contributed by atoms with van der Waals surface area (Å²) in [6.07, 6.45) is 0. The molecule has 1 atom stereocenters. The number of rotatable bonds is 1. The van der Waals surface area contributed by atoms with E-state index in [1.165, 1.54) is 5.69 Å². The van der Waals surface area contributed by atoms with Crippen LogP contribution in [0.5, 0.6) is 0 Å². The molecule has 22 heavy (non-hydrogen) atoms. The molecule has 0 fully saturated rings. The predicted molar refractivity (Wildman–Crippen MR) is 85.0 cm³/mol. The molecule has 1 aliphatic heterocycles. The summed E-state index contributed by atoms with van der Waals surface area (Å²) in [5.41, 5.74) is 2.31. The van der Waals surface area contributed by atoms with E-state index in [0.717, 1.165) is 12.1 Å². The molecule has 2 aromatic rings. The first-order valence-electron chi connectivity index (χ1n) is 7.34. The first-order chi connectivity index (χ1) is 10.5. The first-order valence-corrected chi connectivity index (χ1v) is 7.34. The van der Waals surface area contributed by atoms with Gasteiger partial charge in [-0.05, 0) is 25.5 Å². The third kappa shape index (κ3) is 2.77. The van der Waals surface area contributed by atoms with Crippen LogP contribution in [0.4, 0.5) is 16.3 Å². The van der Waals surface area contributed by atoms with Crippen LogP contribution in [0, 0.1) is 6.92 Å². The van der Waals surface area contributed by atoms with Crippen molar-refractivity contribution in [2.75, 3.05) is 23.8 Å². The number of aromatic nitrogens is 1. The first kappa shape index (κ1) is 14.4. The van der Waals surface area contributed by atoms with Crippen LogP contribution in [0.3, 0.4) is 0 Å². The minimum Gasteiger partial charge on any atom is -0.372 e. The van der Waals surface area contributed by atoms with Gasteiger partial charge in [-0.1, -0.05) is 23.4 Å². The molecule has 6 heteroatoms. The second kappa shape index (κ2) is 5.71. The van der Waals surface area contributed by atoms with E-state index in [9.17, 15) is 4.79 Å². The van der Waals surface area contributed by atoms with E-state index in [1.54, 1.807) is 13.0 Å². The van der Waals surface area contributed by atoms with E-state index < -0.39 is 0 Å². The molecule has 0 bridgehead atoms. The van der Waals surface area contributed by atoms with Crippen molar-refractivity contribution in [2.45, 2.75) is 26.4 Å². The molecule has 0 spiro atoms. The van der Waals surface area contributed by atoms with E-state index in [-0.39, 0.29) is 12.1 Å². The number of benzene rings is 1. The highest BCUT2D eigenvalue weighted by molar-refractivity contribution is 5.88. The lowest BCUT2D eigenvalue weighted by Crippen LogP contribution is -2.44. The van der Waals surface area contributed by atoms with E-state index in [4.69, 9.17) is 4.52 Å². The van der Waals surface area contributed by atoms with Gasteiger partial charge in [-0.2, -0.15) is 0 Å². The van der Waals surface area contributed by atoms with Gasteiger partial charge in [-0.25, -0.2) is 4.79 Å². The van der Waals surface area contributed by atoms with Crippen LogP contribution in [0.1, 0.15) is 18.2 Å². The quantitative estimate of drug-likeness (QED) is 0.879. The molecular formula is C16H20N4O2. The Balaban J connectivity index is 1.82. The van der Waals surface area contributed by atoms with Gasteiger partial charge in [0, 0.05) is 37.9 Å². The molecule has 0 radical (unpaired) electrons. The maximum Gasteiger partial charge on any atom is 0.323 e. The number of carbonyl (C=O) groups is 1. The number of likely N-dealkylation sites (N-methyl/N-ethyl adjacent to an activating group) is 1. The van der Waals surface area contributed by atoms with Crippen LogP contribution in [-0.4, -0.2) is 35.7 Å². The Hall–Kier alpha value is -2.50.